The van der Waals surface area contributed by atoms with Gasteiger partial charge in [-0.1, -0.05) is 42.5 Å². The van der Waals surface area contributed by atoms with Gasteiger partial charge in [-0.15, -0.1) is 0 Å². The summed E-state index contributed by atoms with van der Waals surface area (Å²) in [5.74, 6) is -0.606. The number of nitrogens with one attached hydrogen (secondary N) is 1. The summed E-state index contributed by atoms with van der Waals surface area (Å²) in [6.45, 7) is 0. The first-order valence-corrected chi connectivity index (χ1v) is 9.49. The summed E-state index contributed by atoms with van der Waals surface area (Å²) in [5, 5.41) is 13.2. The van der Waals surface area contributed by atoms with Gasteiger partial charge in [-0.25, -0.2) is 4.79 Å². The number of phenols is 1. The van der Waals surface area contributed by atoms with Crippen molar-refractivity contribution in [2.24, 2.45) is 0 Å². The van der Waals surface area contributed by atoms with Crippen LogP contribution in [0.15, 0.2) is 88.1 Å². The molecule has 0 aliphatic carbocycles. The second kappa shape index (κ2) is 7.08. The molecule has 0 bridgehead atoms. The summed E-state index contributed by atoms with van der Waals surface area (Å²) in [7, 11) is 0. The Balaban J connectivity index is 1.65. The number of benzene rings is 3. The van der Waals surface area contributed by atoms with Crippen LogP contribution in [0.25, 0.3) is 11.0 Å². The first-order chi connectivity index (χ1) is 14.6. The summed E-state index contributed by atoms with van der Waals surface area (Å²) < 4.78 is 11.6. The van der Waals surface area contributed by atoms with Gasteiger partial charge in [0.1, 0.15) is 17.1 Å². The molecule has 30 heavy (non-hydrogen) atoms. The summed E-state index contributed by atoms with van der Waals surface area (Å²) in [4.78, 5) is 26.0. The molecule has 4 aromatic rings. The van der Waals surface area contributed by atoms with Crippen LogP contribution in [0.4, 0.5) is 5.69 Å². The number of aromatic hydroxyl groups is 1. The molecule has 0 radical (unpaired) electrons. The van der Waals surface area contributed by atoms with E-state index in [1.807, 2.05) is 24.3 Å². The van der Waals surface area contributed by atoms with Crippen LogP contribution in [0, 0.1) is 0 Å². The molecule has 2 heterocycles. The first kappa shape index (κ1) is 18.0. The fourth-order valence-corrected chi connectivity index (χ4v) is 3.84. The van der Waals surface area contributed by atoms with E-state index in [1.165, 1.54) is 12.1 Å². The van der Waals surface area contributed by atoms with Crippen molar-refractivity contribution in [2.75, 3.05) is 5.32 Å². The minimum Gasteiger partial charge on any atom is -0.508 e. The normalized spacial score (nSPS) is 17.3. The Kier molecular flexibility index (Phi) is 4.25. The molecule has 1 aliphatic rings. The summed E-state index contributed by atoms with van der Waals surface area (Å²) >= 11 is 0. The number of rotatable bonds is 3. The zero-order chi connectivity index (χ0) is 20.7. The zero-order valence-electron chi connectivity index (χ0n) is 15.7. The van der Waals surface area contributed by atoms with Crippen molar-refractivity contribution in [1.29, 1.82) is 0 Å². The highest BCUT2D eigenvalue weighted by Gasteiger charge is 2.44. The number of para-hydroxylation sites is 2. The molecule has 0 spiro atoms. The molecular weight excluding hydrogens is 382 g/mol. The van der Waals surface area contributed by atoms with Crippen molar-refractivity contribution >= 4 is 22.6 Å². The number of carbonyl (C=O) groups excluding carboxylic acids is 1. The molecule has 1 amide bonds. The maximum atomic E-state index is 13.2. The Hall–Kier alpha value is -4.06. The average Bonchev–Trinajstić information content (AvgIpc) is 3.17. The van der Waals surface area contributed by atoms with E-state index in [4.69, 9.17) is 9.15 Å². The number of fused-ring (bicyclic) bond motifs is 3. The van der Waals surface area contributed by atoms with Crippen LogP contribution >= 0.6 is 0 Å². The van der Waals surface area contributed by atoms with Crippen LogP contribution in [0.3, 0.4) is 0 Å². The molecule has 0 saturated heterocycles. The fourth-order valence-electron chi connectivity index (χ4n) is 3.84. The topological polar surface area (TPSA) is 88.8 Å². The molecule has 0 unspecified atom stereocenters. The number of amides is 1. The van der Waals surface area contributed by atoms with Gasteiger partial charge < -0.3 is 19.6 Å². The van der Waals surface area contributed by atoms with Crippen LogP contribution in [-0.4, -0.2) is 17.1 Å². The molecule has 1 aliphatic heterocycles. The highest BCUT2D eigenvalue weighted by molar-refractivity contribution is 5.97. The van der Waals surface area contributed by atoms with E-state index in [2.05, 4.69) is 5.32 Å². The number of carbonyl (C=O) groups is 1. The highest BCUT2D eigenvalue weighted by atomic mass is 16.5. The molecule has 6 nitrogen and oxygen atoms in total. The first-order valence-electron chi connectivity index (χ1n) is 9.49. The van der Waals surface area contributed by atoms with Gasteiger partial charge >= 0.3 is 5.63 Å². The Morgan fingerprint density at radius 1 is 0.900 bits per heavy atom. The van der Waals surface area contributed by atoms with Gasteiger partial charge in [0.05, 0.1) is 16.9 Å². The van der Waals surface area contributed by atoms with Crippen molar-refractivity contribution < 1.29 is 19.1 Å². The Morgan fingerprint density at radius 2 is 1.60 bits per heavy atom. The van der Waals surface area contributed by atoms with Crippen LogP contribution in [0.1, 0.15) is 17.0 Å². The van der Waals surface area contributed by atoms with Crippen molar-refractivity contribution in [3.63, 3.8) is 0 Å². The van der Waals surface area contributed by atoms with Crippen LogP contribution in [0.2, 0.25) is 0 Å². The number of anilines is 1. The molecule has 2 N–H and O–H groups in total. The van der Waals surface area contributed by atoms with Gasteiger partial charge in [-0.3, -0.25) is 4.79 Å². The molecule has 2 atom stereocenters. The van der Waals surface area contributed by atoms with Crippen molar-refractivity contribution in [1.82, 2.24) is 0 Å². The van der Waals surface area contributed by atoms with Crippen molar-refractivity contribution in [2.45, 2.75) is 12.0 Å². The Morgan fingerprint density at radius 3 is 2.37 bits per heavy atom. The third-order valence-electron chi connectivity index (χ3n) is 5.21. The minimum atomic E-state index is -0.974. The lowest BCUT2D eigenvalue weighted by molar-refractivity contribution is -0.122. The van der Waals surface area contributed by atoms with Gasteiger partial charge in [0.25, 0.3) is 5.91 Å². The highest BCUT2D eigenvalue weighted by Crippen LogP contribution is 2.44. The van der Waals surface area contributed by atoms with Crippen LogP contribution in [0.5, 0.6) is 11.5 Å². The van der Waals surface area contributed by atoms with E-state index in [0.29, 0.717) is 33.5 Å². The molecule has 5 rings (SSSR count). The SMILES string of the molecule is O=C(Nc1ccccc1)[C@@H]1Oc2c(c(=O)oc3ccccc23)[C@@H]1c1ccc(O)cc1. The third kappa shape index (κ3) is 2.99. The monoisotopic (exact) mass is 399 g/mol. The predicted molar refractivity (Wildman–Crippen MR) is 112 cm³/mol. The quantitative estimate of drug-likeness (QED) is 0.508. The summed E-state index contributed by atoms with van der Waals surface area (Å²) in [5.41, 5.74) is 1.45. The minimum absolute atomic E-state index is 0.0914. The third-order valence-corrected chi connectivity index (χ3v) is 5.21. The fraction of sp³-hybridized carbons (Fsp3) is 0.0833. The molecule has 148 valence electrons. The summed E-state index contributed by atoms with van der Waals surface area (Å²) in [6, 6.07) is 22.5. The van der Waals surface area contributed by atoms with E-state index in [-0.39, 0.29) is 11.7 Å². The van der Waals surface area contributed by atoms with E-state index >= 15 is 0 Å². The second-order valence-electron chi connectivity index (χ2n) is 7.09. The number of hydrogen-bond acceptors (Lipinski definition) is 5. The molecule has 6 heteroatoms. The maximum absolute atomic E-state index is 13.2. The molecule has 3 aromatic carbocycles. The van der Waals surface area contributed by atoms with Gasteiger partial charge in [-0.2, -0.15) is 0 Å². The molecular formula is C24H17NO5. The lowest BCUT2D eigenvalue weighted by Gasteiger charge is -2.18. The van der Waals surface area contributed by atoms with E-state index in [0.717, 1.165) is 0 Å². The van der Waals surface area contributed by atoms with E-state index < -0.39 is 17.6 Å². The van der Waals surface area contributed by atoms with Gasteiger partial charge in [0.2, 0.25) is 0 Å². The second-order valence-corrected chi connectivity index (χ2v) is 7.09. The standard InChI is InChI=1S/C24H17NO5/c26-16-12-10-14(11-13-16)19-20-21(17-8-4-5-9-18(17)29-24(20)28)30-22(19)23(27)25-15-6-2-1-3-7-15/h1-13,19,22,26H,(H,25,27)/t19-,22+/m0/s1. The average molecular weight is 399 g/mol. The van der Waals surface area contributed by atoms with E-state index in [1.54, 1.807) is 42.5 Å². The maximum Gasteiger partial charge on any atom is 0.344 e. The number of phenolic OH excluding ortho intramolecular Hbond substituents is 1. The van der Waals surface area contributed by atoms with Gasteiger partial charge in [0, 0.05) is 5.69 Å². The molecule has 1 aromatic heterocycles. The van der Waals surface area contributed by atoms with E-state index in [9.17, 15) is 14.7 Å². The van der Waals surface area contributed by atoms with Gasteiger partial charge in [-0.05, 0) is 42.0 Å². The largest absolute Gasteiger partial charge is 0.508 e. The predicted octanol–water partition coefficient (Wildman–Crippen LogP) is 4.03. The number of hydrogen-bond donors (Lipinski definition) is 2. The number of ether oxygens (including phenoxy) is 1. The van der Waals surface area contributed by atoms with Crippen molar-refractivity contribution in [3.8, 4) is 11.5 Å². The smallest absolute Gasteiger partial charge is 0.344 e. The molecule has 0 saturated carbocycles. The van der Waals surface area contributed by atoms with Crippen LogP contribution in [-0.2, 0) is 4.79 Å². The lowest BCUT2D eigenvalue weighted by atomic mass is 9.88. The zero-order valence-corrected chi connectivity index (χ0v) is 15.7. The summed E-state index contributed by atoms with van der Waals surface area (Å²) in [6.07, 6.45) is -0.974. The van der Waals surface area contributed by atoms with Crippen LogP contribution < -0.4 is 15.7 Å². The Labute approximate surface area is 171 Å². The lowest BCUT2D eigenvalue weighted by Crippen LogP contribution is -2.35. The van der Waals surface area contributed by atoms with Crippen molar-refractivity contribution in [3.05, 3.63) is 100 Å². The van der Waals surface area contributed by atoms with Gasteiger partial charge in [0.15, 0.2) is 6.10 Å². The molecule has 0 fully saturated rings. The Bertz CT molecular complexity index is 1290.